The van der Waals surface area contributed by atoms with Crippen LogP contribution in [0.4, 0.5) is 0 Å². The average Bonchev–Trinajstić information content (AvgIpc) is 2.83. The van der Waals surface area contributed by atoms with E-state index in [1.54, 1.807) is 6.20 Å². The quantitative estimate of drug-likeness (QED) is 0.890. The number of rotatable bonds is 4. The van der Waals surface area contributed by atoms with Crippen LogP contribution < -0.4 is 5.32 Å². The fraction of sp³-hybridized carbons (Fsp3) is 0.286. The second-order valence-corrected chi connectivity index (χ2v) is 4.31. The first-order chi connectivity index (χ1) is 8.70. The van der Waals surface area contributed by atoms with Crippen molar-refractivity contribution in [1.82, 2.24) is 14.9 Å². The topological polar surface area (TPSA) is 53.6 Å². The molecule has 1 atom stereocenters. The van der Waals surface area contributed by atoms with E-state index in [1.807, 2.05) is 42.1 Å². The van der Waals surface area contributed by atoms with Crippen LogP contribution >= 0.6 is 0 Å². The minimum absolute atomic E-state index is 0.195. The van der Waals surface area contributed by atoms with Crippen LogP contribution in [0.15, 0.2) is 36.7 Å². The third kappa shape index (κ3) is 2.76. The van der Waals surface area contributed by atoms with Crippen molar-refractivity contribution in [3.63, 3.8) is 0 Å². The number of imidazole rings is 1. The van der Waals surface area contributed by atoms with E-state index in [0.717, 1.165) is 17.9 Å². The van der Waals surface area contributed by atoms with Crippen molar-refractivity contribution in [3.8, 4) is 6.07 Å². The van der Waals surface area contributed by atoms with Gasteiger partial charge in [-0.25, -0.2) is 4.98 Å². The summed E-state index contributed by atoms with van der Waals surface area (Å²) >= 11 is 0. The van der Waals surface area contributed by atoms with Crippen molar-refractivity contribution >= 4 is 0 Å². The summed E-state index contributed by atoms with van der Waals surface area (Å²) in [6.45, 7) is 2.85. The molecular weight excluding hydrogens is 224 g/mol. The highest BCUT2D eigenvalue weighted by molar-refractivity contribution is 5.31. The Labute approximate surface area is 107 Å². The van der Waals surface area contributed by atoms with Crippen LogP contribution in [0.3, 0.4) is 0 Å². The third-order valence-electron chi connectivity index (χ3n) is 2.94. The molecule has 0 fully saturated rings. The molecule has 1 unspecified atom stereocenters. The van der Waals surface area contributed by atoms with Crippen molar-refractivity contribution < 1.29 is 0 Å². The van der Waals surface area contributed by atoms with Crippen molar-refractivity contribution in [2.75, 3.05) is 0 Å². The van der Waals surface area contributed by atoms with Gasteiger partial charge in [0.2, 0.25) is 0 Å². The fourth-order valence-electron chi connectivity index (χ4n) is 1.85. The van der Waals surface area contributed by atoms with E-state index in [0.29, 0.717) is 5.56 Å². The number of nitriles is 1. The fourth-order valence-corrected chi connectivity index (χ4v) is 1.85. The molecule has 0 spiro atoms. The first kappa shape index (κ1) is 12.3. The van der Waals surface area contributed by atoms with Crippen LogP contribution in [-0.2, 0) is 13.6 Å². The molecule has 1 aromatic carbocycles. The molecule has 0 aliphatic heterocycles. The van der Waals surface area contributed by atoms with E-state index in [4.69, 9.17) is 5.26 Å². The van der Waals surface area contributed by atoms with Crippen LogP contribution in [0.25, 0.3) is 0 Å². The molecule has 0 aliphatic carbocycles. The third-order valence-corrected chi connectivity index (χ3v) is 2.94. The molecule has 92 valence electrons. The summed E-state index contributed by atoms with van der Waals surface area (Å²) < 4.78 is 2.01. The lowest BCUT2D eigenvalue weighted by molar-refractivity contribution is 0.530. The molecule has 1 aromatic heterocycles. The summed E-state index contributed by atoms with van der Waals surface area (Å²) in [4.78, 5) is 4.31. The number of aromatic nitrogens is 2. The van der Waals surface area contributed by atoms with Crippen molar-refractivity contribution in [3.05, 3.63) is 53.6 Å². The molecule has 1 heterocycles. The van der Waals surface area contributed by atoms with Crippen LogP contribution in [0.1, 0.15) is 29.9 Å². The van der Waals surface area contributed by atoms with Gasteiger partial charge in [-0.05, 0) is 24.6 Å². The maximum absolute atomic E-state index is 8.73. The van der Waals surface area contributed by atoms with Crippen LogP contribution in [-0.4, -0.2) is 9.55 Å². The Bertz CT molecular complexity index is 548. The molecule has 4 nitrogen and oxygen atoms in total. The average molecular weight is 240 g/mol. The van der Waals surface area contributed by atoms with Gasteiger partial charge in [0.25, 0.3) is 0 Å². The van der Waals surface area contributed by atoms with Crippen molar-refractivity contribution in [2.24, 2.45) is 7.05 Å². The van der Waals surface area contributed by atoms with E-state index < -0.39 is 0 Å². The van der Waals surface area contributed by atoms with Crippen LogP contribution in [0.5, 0.6) is 0 Å². The molecule has 0 aliphatic rings. The smallest absolute Gasteiger partial charge is 0.125 e. The Morgan fingerprint density at radius 3 is 2.67 bits per heavy atom. The van der Waals surface area contributed by atoms with E-state index in [9.17, 15) is 0 Å². The van der Waals surface area contributed by atoms with Gasteiger partial charge in [0.1, 0.15) is 5.82 Å². The monoisotopic (exact) mass is 240 g/mol. The van der Waals surface area contributed by atoms with Gasteiger partial charge in [-0.1, -0.05) is 12.1 Å². The minimum Gasteiger partial charge on any atom is -0.337 e. The van der Waals surface area contributed by atoms with Gasteiger partial charge in [0.15, 0.2) is 0 Å². The SMILES string of the molecule is CC(NCc1ccc(C#N)cc1)c1nccn1C. The van der Waals surface area contributed by atoms with Crippen molar-refractivity contribution in [1.29, 1.82) is 5.26 Å². The highest BCUT2D eigenvalue weighted by atomic mass is 15.1. The van der Waals surface area contributed by atoms with Gasteiger partial charge in [0.05, 0.1) is 17.7 Å². The molecule has 1 N–H and O–H groups in total. The zero-order chi connectivity index (χ0) is 13.0. The Hall–Kier alpha value is -2.12. The number of benzene rings is 1. The first-order valence-electron chi connectivity index (χ1n) is 5.90. The molecule has 0 bridgehead atoms. The standard InChI is InChI=1S/C14H16N4/c1-11(14-16-7-8-18(14)2)17-10-13-5-3-12(9-15)4-6-13/h3-8,11,17H,10H2,1-2H3. The second kappa shape index (κ2) is 5.48. The Balaban J connectivity index is 1.95. The molecule has 4 heteroatoms. The summed E-state index contributed by atoms with van der Waals surface area (Å²) in [6.07, 6.45) is 3.74. The summed E-state index contributed by atoms with van der Waals surface area (Å²) in [7, 11) is 1.99. The first-order valence-corrected chi connectivity index (χ1v) is 5.90. The lowest BCUT2D eigenvalue weighted by Crippen LogP contribution is -2.20. The summed E-state index contributed by atoms with van der Waals surface area (Å²) in [6, 6.07) is 9.92. The predicted molar refractivity (Wildman–Crippen MR) is 69.6 cm³/mol. The molecule has 2 aromatic rings. The minimum atomic E-state index is 0.195. The van der Waals surface area contributed by atoms with E-state index in [2.05, 4.69) is 23.3 Å². The van der Waals surface area contributed by atoms with E-state index in [1.165, 1.54) is 0 Å². The maximum atomic E-state index is 8.73. The van der Waals surface area contributed by atoms with Crippen molar-refractivity contribution in [2.45, 2.75) is 19.5 Å². The molecule has 0 saturated heterocycles. The zero-order valence-corrected chi connectivity index (χ0v) is 10.6. The molecule has 0 amide bonds. The van der Waals surface area contributed by atoms with Gasteiger partial charge >= 0.3 is 0 Å². The van der Waals surface area contributed by atoms with Crippen LogP contribution in [0.2, 0.25) is 0 Å². The highest BCUT2D eigenvalue weighted by Gasteiger charge is 2.09. The zero-order valence-electron chi connectivity index (χ0n) is 10.6. The Morgan fingerprint density at radius 2 is 2.11 bits per heavy atom. The van der Waals surface area contributed by atoms with Gasteiger partial charge in [-0.2, -0.15) is 5.26 Å². The normalized spacial score (nSPS) is 12.1. The maximum Gasteiger partial charge on any atom is 0.125 e. The van der Waals surface area contributed by atoms with Gasteiger partial charge < -0.3 is 9.88 Å². The highest BCUT2D eigenvalue weighted by Crippen LogP contribution is 2.10. The molecule has 18 heavy (non-hydrogen) atoms. The Kier molecular flexibility index (Phi) is 3.75. The lowest BCUT2D eigenvalue weighted by atomic mass is 10.1. The summed E-state index contributed by atoms with van der Waals surface area (Å²) in [5.74, 6) is 1.02. The predicted octanol–water partition coefficient (Wildman–Crippen LogP) is 2.14. The molecule has 0 saturated carbocycles. The largest absolute Gasteiger partial charge is 0.337 e. The van der Waals surface area contributed by atoms with E-state index >= 15 is 0 Å². The molecule has 2 rings (SSSR count). The number of nitrogens with one attached hydrogen (secondary N) is 1. The summed E-state index contributed by atoms with van der Waals surface area (Å²) in [5.41, 5.74) is 1.85. The number of hydrogen-bond acceptors (Lipinski definition) is 3. The Morgan fingerprint density at radius 1 is 1.39 bits per heavy atom. The number of hydrogen-bond donors (Lipinski definition) is 1. The second-order valence-electron chi connectivity index (χ2n) is 4.31. The molecular formula is C14H16N4. The van der Waals surface area contributed by atoms with Crippen LogP contribution in [0, 0.1) is 11.3 Å². The van der Waals surface area contributed by atoms with Gasteiger partial charge in [-0.15, -0.1) is 0 Å². The summed E-state index contributed by atoms with van der Waals surface area (Å²) in [5, 5.41) is 12.1. The number of aryl methyl sites for hydroxylation is 1. The lowest BCUT2D eigenvalue weighted by Gasteiger charge is -2.13. The van der Waals surface area contributed by atoms with E-state index in [-0.39, 0.29) is 6.04 Å². The molecule has 0 radical (unpaired) electrons. The van der Waals surface area contributed by atoms with Gasteiger partial charge in [0, 0.05) is 26.0 Å². The number of nitrogens with zero attached hydrogens (tertiary/aromatic N) is 3. The van der Waals surface area contributed by atoms with Gasteiger partial charge in [-0.3, -0.25) is 0 Å².